The second-order valence-electron chi connectivity index (χ2n) is 5.19. The molecule has 1 aliphatic carbocycles. The molecule has 0 bridgehead atoms. The van der Waals surface area contributed by atoms with E-state index in [0.29, 0.717) is 11.3 Å². The van der Waals surface area contributed by atoms with Gasteiger partial charge in [-0.2, -0.15) is 5.06 Å². The first kappa shape index (κ1) is 14.8. The normalized spacial score (nSPS) is 17.9. The number of carbonyl (C=O) groups is 1. The zero-order valence-corrected chi connectivity index (χ0v) is 11.7. The summed E-state index contributed by atoms with van der Waals surface area (Å²) in [5, 5.41) is 20.7. The van der Waals surface area contributed by atoms with Gasteiger partial charge < -0.3 is 15.1 Å². The molecule has 0 aromatic heterocycles. The third-order valence-corrected chi connectivity index (χ3v) is 3.88. The zero-order chi connectivity index (χ0) is 14.5. The maximum absolute atomic E-state index is 11.5. The summed E-state index contributed by atoms with van der Waals surface area (Å²) in [6.45, 7) is 0. The van der Waals surface area contributed by atoms with Crippen molar-refractivity contribution in [3.63, 3.8) is 0 Å². The molecule has 1 unspecified atom stereocenters. The van der Waals surface area contributed by atoms with Gasteiger partial charge in [0, 0.05) is 6.04 Å². The number of rotatable bonds is 5. The van der Waals surface area contributed by atoms with Crippen LogP contribution in [0.2, 0.25) is 0 Å². The van der Waals surface area contributed by atoms with Gasteiger partial charge in [0.15, 0.2) is 6.04 Å². The number of carboxylic acids is 1. The maximum Gasteiger partial charge on any atom is 0.327 e. The molecule has 20 heavy (non-hydrogen) atoms. The smallest absolute Gasteiger partial charge is 0.327 e. The predicted octanol–water partition coefficient (Wildman–Crippen LogP) is 2.84. The molecule has 0 amide bonds. The van der Waals surface area contributed by atoms with Crippen molar-refractivity contribution in [3.8, 4) is 5.75 Å². The van der Waals surface area contributed by atoms with Crippen LogP contribution >= 0.6 is 0 Å². The lowest BCUT2D eigenvalue weighted by atomic mass is 9.93. The van der Waals surface area contributed by atoms with E-state index in [-0.39, 0.29) is 6.04 Å². The summed E-state index contributed by atoms with van der Waals surface area (Å²) in [6, 6.07) is 5.68. The van der Waals surface area contributed by atoms with Crippen molar-refractivity contribution in [3.05, 3.63) is 29.8 Å². The zero-order valence-electron chi connectivity index (χ0n) is 11.7. The first-order chi connectivity index (χ1) is 9.63. The molecule has 0 saturated heterocycles. The predicted molar refractivity (Wildman–Crippen MR) is 73.9 cm³/mol. The summed E-state index contributed by atoms with van der Waals surface area (Å²) in [5.41, 5.74) is 0.561. The third kappa shape index (κ3) is 3.29. The molecule has 2 N–H and O–H groups in total. The average Bonchev–Trinajstić information content (AvgIpc) is 2.48. The van der Waals surface area contributed by atoms with Crippen LogP contribution in [0, 0.1) is 0 Å². The Morgan fingerprint density at radius 1 is 1.25 bits per heavy atom. The topological polar surface area (TPSA) is 70.0 Å². The second kappa shape index (κ2) is 6.72. The van der Waals surface area contributed by atoms with Gasteiger partial charge in [0.2, 0.25) is 0 Å². The van der Waals surface area contributed by atoms with E-state index in [9.17, 15) is 15.1 Å². The lowest BCUT2D eigenvalue weighted by Gasteiger charge is -2.33. The summed E-state index contributed by atoms with van der Waals surface area (Å²) in [5.74, 6) is -0.372. The van der Waals surface area contributed by atoms with Crippen molar-refractivity contribution < 1.29 is 19.8 Å². The molecule has 110 valence electrons. The monoisotopic (exact) mass is 279 g/mol. The van der Waals surface area contributed by atoms with E-state index < -0.39 is 12.0 Å². The van der Waals surface area contributed by atoms with Crippen LogP contribution in [0.5, 0.6) is 5.75 Å². The van der Waals surface area contributed by atoms with Gasteiger partial charge in [-0.25, -0.2) is 0 Å². The van der Waals surface area contributed by atoms with Gasteiger partial charge in [-0.05, 0) is 30.5 Å². The number of hydrogen-bond donors (Lipinski definition) is 2. The highest BCUT2D eigenvalue weighted by atomic mass is 16.5. The van der Waals surface area contributed by atoms with Gasteiger partial charge in [-0.1, -0.05) is 31.4 Å². The van der Waals surface area contributed by atoms with Gasteiger partial charge in [0.05, 0.1) is 7.11 Å². The van der Waals surface area contributed by atoms with Gasteiger partial charge in [-0.15, -0.1) is 0 Å². The average molecular weight is 279 g/mol. The summed E-state index contributed by atoms with van der Waals surface area (Å²) in [7, 11) is 1.56. The molecule has 2 rings (SSSR count). The second-order valence-corrected chi connectivity index (χ2v) is 5.19. The SMILES string of the molecule is COc1ccc(C(C(=O)O)N(O)C2CCCCC2)cc1. The Kier molecular flexibility index (Phi) is 4.98. The first-order valence-electron chi connectivity index (χ1n) is 6.97. The largest absolute Gasteiger partial charge is 0.497 e. The van der Waals surface area contributed by atoms with Gasteiger partial charge in [0.1, 0.15) is 5.75 Å². The van der Waals surface area contributed by atoms with E-state index >= 15 is 0 Å². The van der Waals surface area contributed by atoms with Gasteiger partial charge in [0.25, 0.3) is 0 Å². The Bertz CT molecular complexity index is 440. The molecule has 1 atom stereocenters. The lowest BCUT2D eigenvalue weighted by molar-refractivity contribution is -0.189. The molecule has 0 heterocycles. The van der Waals surface area contributed by atoms with Crippen molar-refractivity contribution in [1.82, 2.24) is 5.06 Å². The Hall–Kier alpha value is -1.59. The van der Waals surface area contributed by atoms with E-state index in [2.05, 4.69) is 0 Å². The lowest BCUT2D eigenvalue weighted by Crippen LogP contribution is -2.40. The van der Waals surface area contributed by atoms with Crippen LogP contribution in [0.3, 0.4) is 0 Å². The molecule has 5 nitrogen and oxygen atoms in total. The molecule has 1 saturated carbocycles. The molecular weight excluding hydrogens is 258 g/mol. The van der Waals surface area contributed by atoms with Crippen molar-refractivity contribution >= 4 is 5.97 Å². The van der Waals surface area contributed by atoms with E-state index in [1.165, 1.54) is 0 Å². The Balaban J connectivity index is 2.18. The fourth-order valence-electron chi connectivity index (χ4n) is 2.75. The van der Waals surface area contributed by atoms with Gasteiger partial charge in [-0.3, -0.25) is 4.79 Å². The van der Waals surface area contributed by atoms with Crippen LogP contribution in [0.1, 0.15) is 43.7 Å². The minimum atomic E-state index is -1.04. The van der Waals surface area contributed by atoms with Gasteiger partial charge >= 0.3 is 5.97 Å². The highest BCUT2D eigenvalue weighted by Gasteiger charge is 2.32. The van der Waals surface area contributed by atoms with Crippen LogP contribution in [0.4, 0.5) is 0 Å². The number of methoxy groups -OCH3 is 1. The number of aliphatic carboxylic acids is 1. The van der Waals surface area contributed by atoms with E-state index in [0.717, 1.165) is 37.2 Å². The molecule has 0 spiro atoms. The molecule has 1 fully saturated rings. The highest BCUT2D eigenvalue weighted by molar-refractivity contribution is 5.75. The summed E-state index contributed by atoms with van der Waals surface area (Å²) < 4.78 is 5.06. The van der Waals surface area contributed by atoms with E-state index in [4.69, 9.17) is 4.74 Å². The van der Waals surface area contributed by atoms with Crippen molar-refractivity contribution in [2.45, 2.75) is 44.2 Å². The maximum atomic E-state index is 11.5. The molecular formula is C15H21NO4. The Morgan fingerprint density at radius 2 is 1.85 bits per heavy atom. The quantitative estimate of drug-likeness (QED) is 0.811. The summed E-state index contributed by atoms with van der Waals surface area (Å²) in [4.78, 5) is 11.5. The molecule has 0 aliphatic heterocycles. The van der Waals surface area contributed by atoms with Crippen molar-refractivity contribution in [2.24, 2.45) is 0 Å². The third-order valence-electron chi connectivity index (χ3n) is 3.88. The fourth-order valence-corrected chi connectivity index (χ4v) is 2.75. The van der Waals surface area contributed by atoms with Crippen LogP contribution in [0.15, 0.2) is 24.3 Å². The number of ether oxygens (including phenoxy) is 1. The Morgan fingerprint density at radius 3 is 2.35 bits per heavy atom. The standard InChI is InChI=1S/C15H21NO4/c1-20-13-9-7-11(8-10-13)14(15(17)18)16(19)12-5-3-2-4-6-12/h7-10,12,14,19H,2-6H2,1H3,(H,17,18). The van der Waals surface area contributed by atoms with Crippen LogP contribution < -0.4 is 4.74 Å². The van der Waals surface area contributed by atoms with Crippen LogP contribution in [0.25, 0.3) is 0 Å². The molecule has 5 heteroatoms. The number of benzene rings is 1. The van der Waals surface area contributed by atoms with Crippen molar-refractivity contribution in [2.75, 3.05) is 7.11 Å². The van der Waals surface area contributed by atoms with E-state index in [1.807, 2.05) is 0 Å². The van der Waals surface area contributed by atoms with Crippen LogP contribution in [-0.4, -0.2) is 34.5 Å². The minimum Gasteiger partial charge on any atom is -0.497 e. The fraction of sp³-hybridized carbons (Fsp3) is 0.533. The number of nitrogens with zero attached hydrogens (tertiary/aromatic N) is 1. The molecule has 1 aromatic rings. The van der Waals surface area contributed by atoms with Crippen LogP contribution in [-0.2, 0) is 4.79 Å². The Labute approximate surface area is 118 Å². The van der Waals surface area contributed by atoms with Crippen molar-refractivity contribution in [1.29, 1.82) is 0 Å². The number of hydrogen-bond acceptors (Lipinski definition) is 4. The highest BCUT2D eigenvalue weighted by Crippen LogP contribution is 2.29. The molecule has 1 aliphatic rings. The summed E-state index contributed by atoms with van der Waals surface area (Å²) >= 11 is 0. The molecule has 0 radical (unpaired) electrons. The van der Waals surface area contributed by atoms with E-state index in [1.54, 1.807) is 31.4 Å². The molecule has 1 aromatic carbocycles. The number of carboxylic acid groups (broad SMARTS) is 1. The number of hydroxylamine groups is 2. The summed E-state index contributed by atoms with van der Waals surface area (Å²) in [6.07, 6.45) is 4.92. The first-order valence-corrected chi connectivity index (χ1v) is 6.97. The minimum absolute atomic E-state index is 0.0769.